The number of likely N-dealkylation sites (N-methyl/N-ethyl adjacent to an activating group) is 1. The van der Waals surface area contributed by atoms with Crippen molar-refractivity contribution in [1.29, 1.82) is 0 Å². The summed E-state index contributed by atoms with van der Waals surface area (Å²) in [6.07, 6.45) is 0. The lowest BCUT2D eigenvalue weighted by Gasteiger charge is -2.24. The van der Waals surface area contributed by atoms with E-state index in [0.29, 0.717) is 17.3 Å². The number of rotatable bonds is 6. The minimum absolute atomic E-state index is 0.222. The van der Waals surface area contributed by atoms with Crippen molar-refractivity contribution in [3.8, 4) is 5.75 Å². The summed E-state index contributed by atoms with van der Waals surface area (Å²) in [6.45, 7) is 5.27. The SMILES string of the molecule is CCNCC(C)(O)COc1ccc(Cl)cc1Br. The summed E-state index contributed by atoms with van der Waals surface area (Å²) in [6, 6.07) is 5.28. The largest absolute Gasteiger partial charge is 0.489 e. The Kier molecular flexibility index (Phi) is 5.73. The predicted octanol–water partition coefficient (Wildman–Crippen LogP) is 2.84. The van der Waals surface area contributed by atoms with Gasteiger partial charge in [-0.05, 0) is 47.6 Å². The number of hydrogen-bond donors (Lipinski definition) is 2. The lowest BCUT2D eigenvalue weighted by Crippen LogP contribution is -2.42. The third kappa shape index (κ3) is 5.25. The number of hydrogen-bond acceptors (Lipinski definition) is 3. The zero-order chi connectivity index (χ0) is 12.9. The quantitative estimate of drug-likeness (QED) is 0.846. The van der Waals surface area contributed by atoms with E-state index in [1.54, 1.807) is 25.1 Å². The molecule has 0 saturated carbocycles. The third-order valence-electron chi connectivity index (χ3n) is 2.19. The van der Waals surface area contributed by atoms with Crippen LogP contribution < -0.4 is 10.1 Å². The summed E-state index contributed by atoms with van der Waals surface area (Å²) in [7, 11) is 0. The van der Waals surface area contributed by atoms with Crippen LogP contribution in [0.1, 0.15) is 13.8 Å². The first-order valence-corrected chi connectivity index (χ1v) is 6.62. The fourth-order valence-corrected chi connectivity index (χ4v) is 2.07. The number of benzene rings is 1. The summed E-state index contributed by atoms with van der Waals surface area (Å²) in [5, 5.41) is 13.8. The molecule has 3 nitrogen and oxygen atoms in total. The van der Waals surface area contributed by atoms with Crippen LogP contribution in [0.5, 0.6) is 5.75 Å². The Morgan fingerprint density at radius 2 is 2.24 bits per heavy atom. The number of nitrogens with one attached hydrogen (secondary N) is 1. The lowest BCUT2D eigenvalue weighted by atomic mass is 10.1. The second-order valence-corrected chi connectivity index (χ2v) is 5.43. The van der Waals surface area contributed by atoms with Gasteiger partial charge in [-0.2, -0.15) is 0 Å². The van der Waals surface area contributed by atoms with Crippen molar-refractivity contribution in [3.63, 3.8) is 0 Å². The van der Waals surface area contributed by atoms with Crippen LogP contribution >= 0.6 is 27.5 Å². The third-order valence-corrected chi connectivity index (χ3v) is 3.04. The summed E-state index contributed by atoms with van der Waals surface area (Å²) in [4.78, 5) is 0. The molecule has 1 rings (SSSR count). The van der Waals surface area contributed by atoms with E-state index in [4.69, 9.17) is 16.3 Å². The molecule has 0 aliphatic carbocycles. The highest BCUT2D eigenvalue weighted by Gasteiger charge is 2.21. The molecule has 0 aromatic heterocycles. The van der Waals surface area contributed by atoms with Crippen molar-refractivity contribution in [3.05, 3.63) is 27.7 Å². The van der Waals surface area contributed by atoms with Gasteiger partial charge in [0.05, 0.1) is 4.47 Å². The van der Waals surface area contributed by atoms with E-state index in [2.05, 4.69) is 21.2 Å². The summed E-state index contributed by atoms with van der Waals surface area (Å²) < 4.78 is 6.34. The summed E-state index contributed by atoms with van der Waals surface area (Å²) in [5.41, 5.74) is -0.894. The first kappa shape index (κ1) is 14.8. The van der Waals surface area contributed by atoms with Gasteiger partial charge in [-0.3, -0.25) is 0 Å². The molecule has 0 bridgehead atoms. The monoisotopic (exact) mass is 321 g/mol. The Morgan fingerprint density at radius 1 is 1.53 bits per heavy atom. The molecule has 96 valence electrons. The second kappa shape index (κ2) is 6.59. The van der Waals surface area contributed by atoms with E-state index in [1.165, 1.54) is 0 Å². The van der Waals surface area contributed by atoms with E-state index < -0.39 is 5.60 Å². The highest BCUT2D eigenvalue weighted by molar-refractivity contribution is 9.10. The molecule has 1 aromatic rings. The molecule has 17 heavy (non-hydrogen) atoms. The van der Waals surface area contributed by atoms with E-state index >= 15 is 0 Å². The molecule has 0 fully saturated rings. The average Bonchev–Trinajstić information content (AvgIpc) is 2.25. The first-order chi connectivity index (χ1) is 7.94. The first-order valence-electron chi connectivity index (χ1n) is 5.45. The lowest BCUT2D eigenvalue weighted by molar-refractivity contribution is 0.0125. The van der Waals surface area contributed by atoms with Gasteiger partial charge in [-0.15, -0.1) is 0 Å². The smallest absolute Gasteiger partial charge is 0.133 e. The van der Waals surface area contributed by atoms with E-state index in [9.17, 15) is 5.11 Å². The summed E-state index contributed by atoms with van der Waals surface area (Å²) in [5.74, 6) is 0.672. The topological polar surface area (TPSA) is 41.5 Å². The van der Waals surface area contributed by atoms with Crippen molar-refractivity contribution in [2.75, 3.05) is 19.7 Å². The maximum atomic E-state index is 10.0. The molecule has 0 amide bonds. The highest BCUT2D eigenvalue weighted by atomic mass is 79.9. The average molecular weight is 323 g/mol. The van der Waals surface area contributed by atoms with Crippen LogP contribution in [0.2, 0.25) is 5.02 Å². The van der Waals surface area contributed by atoms with Gasteiger partial charge in [0.15, 0.2) is 0 Å². The normalized spacial score (nSPS) is 14.4. The Morgan fingerprint density at radius 3 is 2.82 bits per heavy atom. The molecular weight excluding hydrogens is 305 g/mol. The zero-order valence-electron chi connectivity index (χ0n) is 9.96. The predicted molar refractivity (Wildman–Crippen MR) is 73.8 cm³/mol. The standard InChI is InChI=1S/C12H17BrClNO2/c1-3-15-7-12(2,16)8-17-11-5-4-9(14)6-10(11)13/h4-6,15-16H,3,7-8H2,1-2H3. The van der Waals surface area contributed by atoms with Crippen LogP contribution in [0.4, 0.5) is 0 Å². The van der Waals surface area contributed by atoms with Gasteiger partial charge in [0.2, 0.25) is 0 Å². The van der Waals surface area contributed by atoms with Gasteiger partial charge < -0.3 is 15.2 Å². The number of aliphatic hydroxyl groups is 1. The van der Waals surface area contributed by atoms with Crippen LogP contribution in [0.25, 0.3) is 0 Å². The fraction of sp³-hybridized carbons (Fsp3) is 0.500. The molecule has 0 aliphatic rings. The molecule has 0 aliphatic heterocycles. The molecule has 1 aromatic carbocycles. The molecule has 5 heteroatoms. The molecule has 1 unspecified atom stereocenters. The number of halogens is 2. The van der Waals surface area contributed by atoms with Crippen LogP contribution in [-0.2, 0) is 0 Å². The van der Waals surface area contributed by atoms with Crippen molar-refractivity contribution in [2.45, 2.75) is 19.4 Å². The van der Waals surface area contributed by atoms with E-state index in [0.717, 1.165) is 11.0 Å². The molecule has 0 radical (unpaired) electrons. The van der Waals surface area contributed by atoms with Gasteiger partial charge in [0.25, 0.3) is 0 Å². The molecule has 0 heterocycles. The Labute approximate surface area is 115 Å². The van der Waals surface area contributed by atoms with Crippen LogP contribution in [0.3, 0.4) is 0 Å². The minimum atomic E-state index is -0.894. The van der Waals surface area contributed by atoms with E-state index in [1.807, 2.05) is 6.92 Å². The van der Waals surface area contributed by atoms with Crippen molar-refractivity contribution < 1.29 is 9.84 Å². The van der Waals surface area contributed by atoms with Gasteiger partial charge in [0, 0.05) is 11.6 Å². The zero-order valence-corrected chi connectivity index (χ0v) is 12.3. The highest BCUT2D eigenvalue weighted by Crippen LogP contribution is 2.28. The Bertz CT molecular complexity index is 372. The molecular formula is C12H17BrClNO2. The van der Waals surface area contributed by atoms with Crippen LogP contribution in [0, 0.1) is 0 Å². The van der Waals surface area contributed by atoms with Crippen molar-refractivity contribution in [1.82, 2.24) is 5.32 Å². The summed E-state index contributed by atoms with van der Waals surface area (Å²) >= 11 is 9.19. The van der Waals surface area contributed by atoms with Gasteiger partial charge in [-0.1, -0.05) is 18.5 Å². The van der Waals surface area contributed by atoms with Crippen molar-refractivity contribution in [2.24, 2.45) is 0 Å². The van der Waals surface area contributed by atoms with Crippen LogP contribution in [-0.4, -0.2) is 30.4 Å². The Balaban J connectivity index is 2.54. The maximum Gasteiger partial charge on any atom is 0.133 e. The van der Waals surface area contributed by atoms with Gasteiger partial charge >= 0.3 is 0 Å². The van der Waals surface area contributed by atoms with Gasteiger partial charge in [-0.25, -0.2) is 0 Å². The second-order valence-electron chi connectivity index (χ2n) is 4.14. The molecule has 0 spiro atoms. The number of ether oxygens (including phenoxy) is 1. The Hall–Kier alpha value is -0.290. The molecule has 2 N–H and O–H groups in total. The fourth-order valence-electron chi connectivity index (χ4n) is 1.27. The van der Waals surface area contributed by atoms with Gasteiger partial charge in [0.1, 0.15) is 18.0 Å². The van der Waals surface area contributed by atoms with Crippen molar-refractivity contribution >= 4 is 27.5 Å². The maximum absolute atomic E-state index is 10.0. The van der Waals surface area contributed by atoms with E-state index in [-0.39, 0.29) is 6.61 Å². The molecule has 0 saturated heterocycles. The minimum Gasteiger partial charge on any atom is -0.489 e. The molecule has 1 atom stereocenters. The van der Waals surface area contributed by atoms with Crippen LogP contribution in [0.15, 0.2) is 22.7 Å².